The number of anilines is 1. The van der Waals surface area contributed by atoms with Crippen molar-refractivity contribution >= 4 is 36.9 Å². The molecule has 0 amide bonds. The molecular weight excluding hydrogens is 518 g/mol. The summed E-state index contributed by atoms with van der Waals surface area (Å²) in [6, 6.07) is 11.1. The lowest BCUT2D eigenvalue weighted by Crippen LogP contribution is -2.61. The van der Waals surface area contributed by atoms with E-state index in [2.05, 4.69) is 9.80 Å². The highest BCUT2D eigenvalue weighted by molar-refractivity contribution is 7.91. The highest BCUT2D eigenvalue weighted by Crippen LogP contribution is 2.38. The predicted octanol–water partition coefficient (Wildman–Crippen LogP) is 2.36. The number of rotatable bonds is 7. The van der Waals surface area contributed by atoms with Crippen molar-refractivity contribution in [1.82, 2.24) is 9.21 Å². The third kappa shape index (κ3) is 5.51. The first kappa shape index (κ1) is 26.1. The number of thiophene rings is 1. The molecule has 1 aromatic heterocycles. The molecule has 3 heterocycles. The minimum Gasteiger partial charge on any atom is -0.386 e. The lowest BCUT2D eigenvalue weighted by Gasteiger charge is -2.46. The van der Waals surface area contributed by atoms with Crippen LogP contribution in [0.1, 0.15) is 32.3 Å². The van der Waals surface area contributed by atoms with Gasteiger partial charge < -0.3 is 10.0 Å². The molecule has 1 N–H and O–H groups in total. The summed E-state index contributed by atoms with van der Waals surface area (Å²) in [6.45, 7) is 5.86. The zero-order valence-electron chi connectivity index (χ0n) is 20.8. The van der Waals surface area contributed by atoms with Gasteiger partial charge in [0.15, 0.2) is 9.84 Å². The molecule has 36 heavy (non-hydrogen) atoms. The number of aliphatic hydroxyl groups is 1. The van der Waals surface area contributed by atoms with Crippen LogP contribution in [0.4, 0.5) is 5.69 Å². The molecule has 1 aromatic carbocycles. The van der Waals surface area contributed by atoms with Crippen LogP contribution in [-0.2, 0) is 25.5 Å². The van der Waals surface area contributed by atoms with E-state index in [1.54, 1.807) is 35.7 Å². The SMILES string of the molecule is CC(C)(O)c1ccc(N2CCN(S(=O)(=O)c3cccs3)C[C@@H]2CN2CCS(=O)(=O)C[C@H]2C2CC2)cc1. The zero-order valence-corrected chi connectivity index (χ0v) is 23.2. The van der Waals surface area contributed by atoms with Gasteiger partial charge in [-0.1, -0.05) is 18.2 Å². The second-order valence-corrected chi connectivity index (χ2v) is 16.1. The molecule has 2 saturated heterocycles. The first-order chi connectivity index (χ1) is 16.9. The van der Waals surface area contributed by atoms with Crippen molar-refractivity contribution in [2.45, 2.75) is 48.6 Å². The Hall–Kier alpha value is -1.50. The van der Waals surface area contributed by atoms with Crippen molar-refractivity contribution in [3.8, 4) is 0 Å². The third-order valence-electron chi connectivity index (χ3n) is 7.63. The molecule has 2 atom stereocenters. The molecule has 3 fully saturated rings. The lowest BCUT2D eigenvalue weighted by atomic mass is 9.98. The van der Waals surface area contributed by atoms with Crippen LogP contribution in [0.2, 0.25) is 0 Å². The topological polar surface area (TPSA) is 98.2 Å². The molecule has 8 nitrogen and oxygen atoms in total. The van der Waals surface area contributed by atoms with E-state index in [0.717, 1.165) is 24.1 Å². The number of piperazine rings is 1. The molecular formula is C25H35N3O5S3. The van der Waals surface area contributed by atoms with Gasteiger partial charge in [-0.25, -0.2) is 16.8 Å². The standard InChI is InChI=1S/C25H35N3O5S3/c1-25(2,29)20-7-9-21(10-8-20)28-12-11-27(36(32,33)24-4-3-14-34-24)17-22(28)16-26-13-15-35(30,31)18-23(26)19-5-6-19/h3-4,7-10,14,19,22-23,29H,5-6,11-13,15-18H2,1-2H3/t22-,23-/m0/s1. The van der Waals surface area contributed by atoms with Gasteiger partial charge in [0, 0.05) is 44.5 Å². The quantitative estimate of drug-likeness (QED) is 0.562. The molecule has 1 aliphatic carbocycles. The molecule has 0 unspecified atom stereocenters. The molecule has 198 valence electrons. The first-order valence-electron chi connectivity index (χ1n) is 12.5. The lowest BCUT2D eigenvalue weighted by molar-refractivity contribution is 0.0786. The van der Waals surface area contributed by atoms with Gasteiger partial charge in [0.25, 0.3) is 10.0 Å². The molecule has 1 saturated carbocycles. The maximum atomic E-state index is 13.3. The Morgan fingerprint density at radius 3 is 2.42 bits per heavy atom. The fraction of sp³-hybridized carbons (Fsp3) is 0.600. The second kappa shape index (κ2) is 9.67. The van der Waals surface area contributed by atoms with Crippen LogP contribution in [-0.4, -0.2) is 87.5 Å². The predicted molar refractivity (Wildman–Crippen MR) is 143 cm³/mol. The molecule has 0 spiro atoms. The van der Waals surface area contributed by atoms with Crippen LogP contribution in [0.5, 0.6) is 0 Å². The molecule has 11 heteroatoms. The Kier molecular flexibility index (Phi) is 7.01. The minimum absolute atomic E-state index is 0.00689. The average molecular weight is 554 g/mol. The van der Waals surface area contributed by atoms with Gasteiger partial charge in [0.2, 0.25) is 0 Å². The number of nitrogens with zero attached hydrogens (tertiary/aromatic N) is 3. The smallest absolute Gasteiger partial charge is 0.252 e. The van der Waals surface area contributed by atoms with E-state index in [9.17, 15) is 21.9 Å². The van der Waals surface area contributed by atoms with Gasteiger partial charge >= 0.3 is 0 Å². The zero-order chi connectivity index (χ0) is 25.7. The number of hydrogen-bond acceptors (Lipinski definition) is 8. The summed E-state index contributed by atoms with van der Waals surface area (Å²) >= 11 is 1.23. The molecule has 3 aliphatic rings. The fourth-order valence-corrected chi connectivity index (χ4v) is 9.72. The second-order valence-electron chi connectivity index (χ2n) is 10.8. The number of sulfonamides is 1. The normalized spacial score (nSPS) is 26.2. The fourth-order valence-electron chi connectivity index (χ4n) is 5.42. The molecule has 0 bridgehead atoms. The summed E-state index contributed by atoms with van der Waals surface area (Å²) in [7, 11) is -6.63. The molecule has 2 aromatic rings. The molecule has 5 rings (SSSR count). The Morgan fingerprint density at radius 1 is 1.08 bits per heavy atom. The van der Waals surface area contributed by atoms with E-state index >= 15 is 0 Å². The maximum Gasteiger partial charge on any atom is 0.252 e. The van der Waals surface area contributed by atoms with Crippen molar-refractivity contribution in [1.29, 1.82) is 0 Å². The van der Waals surface area contributed by atoms with E-state index in [1.165, 1.54) is 11.3 Å². The summed E-state index contributed by atoms with van der Waals surface area (Å²) in [4.78, 5) is 4.55. The van der Waals surface area contributed by atoms with Crippen LogP contribution in [0, 0.1) is 5.92 Å². The van der Waals surface area contributed by atoms with E-state index in [-0.39, 0.29) is 23.6 Å². The summed E-state index contributed by atoms with van der Waals surface area (Å²) in [6.07, 6.45) is 2.12. The highest BCUT2D eigenvalue weighted by atomic mass is 32.2. The van der Waals surface area contributed by atoms with Gasteiger partial charge in [-0.3, -0.25) is 4.90 Å². The van der Waals surface area contributed by atoms with Crippen molar-refractivity contribution < 1.29 is 21.9 Å². The van der Waals surface area contributed by atoms with Crippen molar-refractivity contribution in [2.75, 3.05) is 49.1 Å². The summed E-state index contributed by atoms with van der Waals surface area (Å²) in [5.74, 6) is 0.761. The van der Waals surface area contributed by atoms with E-state index in [1.807, 2.05) is 24.3 Å². The number of hydrogen-bond donors (Lipinski definition) is 1. The van der Waals surface area contributed by atoms with Crippen molar-refractivity contribution in [3.05, 3.63) is 47.3 Å². The largest absolute Gasteiger partial charge is 0.386 e. The van der Waals surface area contributed by atoms with Gasteiger partial charge in [-0.05, 0) is 61.7 Å². The van der Waals surface area contributed by atoms with Gasteiger partial charge in [-0.2, -0.15) is 4.31 Å². The number of benzene rings is 1. The Bertz CT molecular complexity index is 1270. The van der Waals surface area contributed by atoms with Gasteiger partial charge in [-0.15, -0.1) is 11.3 Å². The molecule has 2 aliphatic heterocycles. The van der Waals surface area contributed by atoms with Crippen LogP contribution in [0.3, 0.4) is 0 Å². The summed E-state index contributed by atoms with van der Waals surface area (Å²) < 4.78 is 53.4. The Morgan fingerprint density at radius 2 is 1.81 bits per heavy atom. The summed E-state index contributed by atoms with van der Waals surface area (Å²) in [5, 5.41) is 12.1. The summed E-state index contributed by atoms with van der Waals surface area (Å²) in [5.41, 5.74) is 0.855. The minimum atomic E-state index is -3.58. The van der Waals surface area contributed by atoms with Crippen LogP contribution >= 0.6 is 11.3 Å². The first-order valence-corrected chi connectivity index (χ1v) is 16.7. The van der Waals surface area contributed by atoms with Gasteiger partial charge in [0.05, 0.1) is 23.1 Å². The molecule has 0 radical (unpaired) electrons. The van der Waals surface area contributed by atoms with Crippen molar-refractivity contribution in [2.24, 2.45) is 5.92 Å². The Labute approximate surface area is 218 Å². The highest BCUT2D eigenvalue weighted by Gasteiger charge is 2.43. The Balaban J connectivity index is 1.42. The average Bonchev–Trinajstić information content (AvgIpc) is 3.51. The van der Waals surface area contributed by atoms with E-state index in [0.29, 0.717) is 42.9 Å². The van der Waals surface area contributed by atoms with Gasteiger partial charge in [0.1, 0.15) is 4.21 Å². The third-order valence-corrected chi connectivity index (χ3v) is 12.5. The van der Waals surface area contributed by atoms with Crippen molar-refractivity contribution in [3.63, 3.8) is 0 Å². The number of sulfone groups is 1. The van der Waals surface area contributed by atoms with E-state index in [4.69, 9.17) is 0 Å². The monoisotopic (exact) mass is 553 g/mol. The maximum absolute atomic E-state index is 13.3. The van der Waals surface area contributed by atoms with Crippen LogP contribution in [0.25, 0.3) is 0 Å². The van der Waals surface area contributed by atoms with Crippen LogP contribution in [0.15, 0.2) is 46.0 Å². The van der Waals surface area contributed by atoms with E-state index < -0.39 is 25.5 Å². The van der Waals surface area contributed by atoms with Crippen LogP contribution < -0.4 is 4.90 Å².